The van der Waals surface area contributed by atoms with Gasteiger partial charge < -0.3 is 9.47 Å². The van der Waals surface area contributed by atoms with Crippen LogP contribution in [0.15, 0.2) is 18.2 Å². The minimum Gasteiger partial charge on any atom is -0.493 e. The van der Waals surface area contributed by atoms with Gasteiger partial charge in [0.05, 0.1) is 19.6 Å². The number of hydrogen-bond acceptors (Lipinski definition) is 4. The Labute approximate surface area is 119 Å². The lowest BCUT2D eigenvalue weighted by molar-refractivity contribution is -0.143. The average molecular weight is 276 g/mol. The maximum absolute atomic E-state index is 12.0. The fourth-order valence-corrected chi connectivity index (χ4v) is 2.12. The molecule has 4 nitrogen and oxygen atoms in total. The van der Waals surface area contributed by atoms with Crippen LogP contribution in [0.5, 0.6) is 5.75 Å². The van der Waals surface area contributed by atoms with Crippen molar-refractivity contribution in [2.45, 2.75) is 39.0 Å². The molecule has 1 aliphatic rings. The number of ether oxygens (including phenoxy) is 2. The first-order chi connectivity index (χ1) is 9.70. The van der Waals surface area contributed by atoms with Gasteiger partial charge in [-0.2, -0.15) is 0 Å². The number of benzene rings is 1. The summed E-state index contributed by atoms with van der Waals surface area (Å²) in [5.74, 6) is 0.545. The first-order valence-electron chi connectivity index (χ1n) is 7.15. The molecule has 0 saturated carbocycles. The quantitative estimate of drug-likeness (QED) is 0.436. The van der Waals surface area contributed by atoms with Crippen LogP contribution in [0.4, 0.5) is 0 Å². The second kappa shape index (κ2) is 7.08. The zero-order chi connectivity index (χ0) is 14.4. The lowest BCUT2D eigenvalue weighted by Gasteiger charge is -2.05. The zero-order valence-electron chi connectivity index (χ0n) is 11.8. The van der Waals surface area contributed by atoms with Crippen molar-refractivity contribution in [2.24, 2.45) is 0 Å². The fraction of sp³-hybridized carbons (Fsp3) is 0.500. The second-order valence-corrected chi connectivity index (χ2v) is 4.92. The van der Waals surface area contributed by atoms with Crippen LogP contribution in [0.1, 0.15) is 48.5 Å². The van der Waals surface area contributed by atoms with Gasteiger partial charge in [0.2, 0.25) is 0 Å². The Morgan fingerprint density at radius 1 is 1.30 bits per heavy atom. The minimum absolute atomic E-state index is 0.0212. The van der Waals surface area contributed by atoms with Crippen molar-refractivity contribution in [1.82, 2.24) is 0 Å². The maximum Gasteiger partial charge on any atom is 0.306 e. The molecule has 0 unspecified atom stereocenters. The molecule has 1 heterocycles. The van der Waals surface area contributed by atoms with Crippen molar-refractivity contribution in [3.8, 4) is 5.75 Å². The molecule has 0 atom stereocenters. The molecular weight excluding hydrogens is 256 g/mol. The zero-order valence-corrected chi connectivity index (χ0v) is 11.8. The van der Waals surface area contributed by atoms with E-state index in [1.807, 2.05) is 19.1 Å². The highest BCUT2D eigenvalue weighted by atomic mass is 16.5. The summed E-state index contributed by atoms with van der Waals surface area (Å²) in [5.41, 5.74) is 1.72. The third-order valence-corrected chi connectivity index (χ3v) is 3.33. The van der Waals surface area contributed by atoms with Gasteiger partial charge in [0, 0.05) is 18.4 Å². The van der Waals surface area contributed by atoms with Gasteiger partial charge in [-0.25, -0.2) is 0 Å². The lowest BCUT2D eigenvalue weighted by atomic mass is 10.0. The normalized spacial score (nSPS) is 12.7. The van der Waals surface area contributed by atoms with E-state index in [1.54, 1.807) is 6.07 Å². The lowest BCUT2D eigenvalue weighted by Crippen LogP contribution is -2.09. The van der Waals surface area contributed by atoms with Gasteiger partial charge in [-0.05, 0) is 30.2 Å². The molecule has 1 aliphatic heterocycles. The number of carbonyl (C=O) groups is 2. The van der Waals surface area contributed by atoms with E-state index in [9.17, 15) is 9.59 Å². The van der Waals surface area contributed by atoms with E-state index in [1.165, 1.54) is 0 Å². The van der Waals surface area contributed by atoms with E-state index >= 15 is 0 Å². The number of fused-ring (bicyclic) bond motifs is 1. The SMILES string of the molecule is CCCCOC(=O)CCC(=O)c1ccc2c(c1)CCO2. The molecule has 0 fully saturated rings. The smallest absolute Gasteiger partial charge is 0.306 e. The van der Waals surface area contributed by atoms with Crippen LogP contribution in [-0.4, -0.2) is 25.0 Å². The highest BCUT2D eigenvalue weighted by Crippen LogP contribution is 2.26. The molecule has 0 aromatic heterocycles. The van der Waals surface area contributed by atoms with E-state index < -0.39 is 0 Å². The van der Waals surface area contributed by atoms with Crippen LogP contribution >= 0.6 is 0 Å². The fourth-order valence-electron chi connectivity index (χ4n) is 2.12. The number of carbonyl (C=O) groups excluding carboxylic acids is 2. The monoisotopic (exact) mass is 276 g/mol. The molecule has 20 heavy (non-hydrogen) atoms. The Morgan fingerprint density at radius 3 is 2.95 bits per heavy atom. The van der Waals surface area contributed by atoms with Gasteiger partial charge in [0.1, 0.15) is 5.75 Å². The first-order valence-corrected chi connectivity index (χ1v) is 7.15. The summed E-state index contributed by atoms with van der Waals surface area (Å²) in [7, 11) is 0. The summed E-state index contributed by atoms with van der Waals surface area (Å²) in [5, 5.41) is 0. The molecule has 0 aliphatic carbocycles. The molecule has 0 amide bonds. The third-order valence-electron chi connectivity index (χ3n) is 3.33. The predicted molar refractivity (Wildman–Crippen MR) is 75.1 cm³/mol. The molecule has 2 rings (SSSR count). The molecule has 0 N–H and O–H groups in total. The summed E-state index contributed by atoms with van der Waals surface area (Å²) in [6.07, 6.45) is 3.05. The van der Waals surface area contributed by atoms with Crippen molar-refractivity contribution in [3.63, 3.8) is 0 Å². The van der Waals surface area contributed by atoms with Gasteiger partial charge in [-0.15, -0.1) is 0 Å². The van der Waals surface area contributed by atoms with Crippen LogP contribution in [0.3, 0.4) is 0 Å². The summed E-state index contributed by atoms with van der Waals surface area (Å²) >= 11 is 0. The van der Waals surface area contributed by atoms with Crippen molar-refractivity contribution in [3.05, 3.63) is 29.3 Å². The van der Waals surface area contributed by atoms with Crippen molar-refractivity contribution in [1.29, 1.82) is 0 Å². The summed E-state index contributed by atoms with van der Waals surface area (Å²) in [4.78, 5) is 23.5. The maximum atomic E-state index is 12.0. The summed E-state index contributed by atoms with van der Waals surface area (Å²) in [6.45, 7) is 3.16. The number of hydrogen-bond donors (Lipinski definition) is 0. The topological polar surface area (TPSA) is 52.6 Å². The number of rotatable bonds is 7. The average Bonchev–Trinajstić information content (AvgIpc) is 2.92. The molecule has 1 aromatic rings. The van der Waals surface area contributed by atoms with E-state index in [4.69, 9.17) is 9.47 Å². The van der Waals surface area contributed by atoms with Crippen LogP contribution in [0.2, 0.25) is 0 Å². The third kappa shape index (κ3) is 3.83. The number of Topliss-reactive ketones (excluding diaryl/α,β-unsaturated/α-hetero) is 1. The highest BCUT2D eigenvalue weighted by molar-refractivity contribution is 5.97. The summed E-state index contributed by atoms with van der Waals surface area (Å²) in [6, 6.07) is 5.46. The van der Waals surface area contributed by atoms with E-state index in [2.05, 4.69) is 0 Å². The molecule has 1 aromatic carbocycles. The Morgan fingerprint density at radius 2 is 2.15 bits per heavy atom. The Balaban J connectivity index is 1.81. The molecular formula is C16H20O4. The number of unbranched alkanes of at least 4 members (excludes halogenated alkanes) is 1. The Kier molecular flexibility index (Phi) is 5.16. The van der Waals surface area contributed by atoms with E-state index in [-0.39, 0.29) is 24.6 Å². The Bertz CT molecular complexity index is 493. The molecule has 108 valence electrons. The van der Waals surface area contributed by atoms with Gasteiger partial charge in [0.25, 0.3) is 0 Å². The second-order valence-electron chi connectivity index (χ2n) is 4.92. The van der Waals surface area contributed by atoms with Crippen LogP contribution < -0.4 is 4.74 Å². The van der Waals surface area contributed by atoms with Crippen LogP contribution in [0.25, 0.3) is 0 Å². The molecule has 4 heteroatoms. The van der Waals surface area contributed by atoms with Gasteiger partial charge >= 0.3 is 5.97 Å². The molecule has 0 bridgehead atoms. The number of esters is 1. The first kappa shape index (κ1) is 14.6. The minimum atomic E-state index is -0.295. The molecule has 0 spiro atoms. The van der Waals surface area contributed by atoms with E-state index in [0.29, 0.717) is 18.8 Å². The predicted octanol–water partition coefficient (Wildman–Crippen LogP) is 2.93. The summed E-state index contributed by atoms with van der Waals surface area (Å²) < 4.78 is 10.4. The van der Waals surface area contributed by atoms with Gasteiger partial charge in [-0.1, -0.05) is 13.3 Å². The molecule has 0 saturated heterocycles. The van der Waals surface area contributed by atoms with Crippen LogP contribution in [-0.2, 0) is 16.0 Å². The number of ketones is 1. The Hall–Kier alpha value is -1.84. The standard InChI is InChI=1S/C16H20O4/c1-2-3-9-20-16(18)7-5-14(17)12-4-6-15-13(11-12)8-10-19-15/h4,6,11H,2-3,5,7-10H2,1H3. The molecule has 0 radical (unpaired) electrons. The largest absolute Gasteiger partial charge is 0.493 e. The van der Waals surface area contributed by atoms with Crippen molar-refractivity contribution < 1.29 is 19.1 Å². The van der Waals surface area contributed by atoms with Crippen molar-refractivity contribution >= 4 is 11.8 Å². The van der Waals surface area contributed by atoms with Gasteiger partial charge in [-0.3, -0.25) is 9.59 Å². The van der Waals surface area contributed by atoms with Crippen molar-refractivity contribution in [2.75, 3.05) is 13.2 Å². The van der Waals surface area contributed by atoms with E-state index in [0.717, 1.165) is 30.6 Å². The highest BCUT2D eigenvalue weighted by Gasteiger charge is 2.16. The van der Waals surface area contributed by atoms with Crippen LogP contribution in [0, 0.1) is 0 Å². The van der Waals surface area contributed by atoms with Gasteiger partial charge in [0.15, 0.2) is 5.78 Å².